The molecule has 0 N–H and O–H groups in total. The van der Waals surface area contributed by atoms with Crippen molar-refractivity contribution in [3.8, 4) is 0 Å². The molecule has 0 unspecified atom stereocenters. The Balaban J connectivity index is 1.85. The summed E-state index contributed by atoms with van der Waals surface area (Å²) in [5, 5.41) is 0. The van der Waals surface area contributed by atoms with E-state index in [0.29, 0.717) is 6.54 Å². The summed E-state index contributed by atoms with van der Waals surface area (Å²) in [4.78, 5) is 4.48. The third-order valence-electron chi connectivity index (χ3n) is 3.07. The van der Waals surface area contributed by atoms with Gasteiger partial charge in [-0.25, -0.2) is 0 Å². The molecule has 1 heterocycles. The van der Waals surface area contributed by atoms with Crippen molar-refractivity contribution in [1.29, 1.82) is 0 Å². The van der Waals surface area contributed by atoms with Crippen molar-refractivity contribution in [2.75, 3.05) is 6.61 Å². The van der Waals surface area contributed by atoms with Gasteiger partial charge in [-0.15, -0.1) is 0 Å². The van der Waals surface area contributed by atoms with E-state index < -0.39 is 0 Å². The zero-order valence-corrected chi connectivity index (χ0v) is 12.0. The molecule has 1 aliphatic rings. The summed E-state index contributed by atoms with van der Waals surface area (Å²) < 4.78 is 11.6. The predicted molar refractivity (Wildman–Crippen MR) is 77.3 cm³/mol. The summed E-state index contributed by atoms with van der Waals surface area (Å²) in [5.41, 5.74) is 1.23. The summed E-state index contributed by atoms with van der Waals surface area (Å²) >= 11 is 0. The molecule has 3 heteroatoms. The van der Waals surface area contributed by atoms with Gasteiger partial charge in [-0.2, -0.15) is 0 Å². The van der Waals surface area contributed by atoms with Crippen LogP contribution in [0.15, 0.2) is 35.3 Å². The van der Waals surface area contributed by atoms with E-state index in [1.165, 1.54) is 5.56 Å². The molecule has 0 spiro atoms. The van der Waals surface area contributed by atoms with Gasteiger partial charge in [-0.05, 0) is 5.56 Å². The van der Waals surface area contributed by atoms with Crippen molar-refractivity contribution < 1.29 is 9.47 Å². The molecule has 1 fully saturated rings. The molecule has 2 atom stereocenters. The van der Waals surface area contributed by atoms with Crippen molar-refractivity contribution in [1.82, 2.24) is 0 Å². The number of ether oxygens (including phenoxy) is 2. The fraction of sp³-hybridized carbons (Fsp3) is 0.562. The van der Waals surface area contributed by atoms with Crippen LogP contribution in [0.2, 0.25) is 0 Å². The van der Waals surface area contributed by atoms with Crippen LogP contribution in [-0.2, 0) is 16.0 Å². The summed E-state index contributed by atoms with van der Waals surface area (Å²) in [6.45, 7) is 7.83. The van der Waals surface area contributed by atoms with Crippen molar-refractivity contribution >= 4 is 6.21 Å². The van der Waals surface area contributed by atoms with Crippen LogP contribution < -0.4 is 0 Å². The molecule has 0 radical (unpaired) electrons. The number of rotatable bonds is 3. The number of aliphatic imine (C=N–C) groups is 1. The highest BCUT2D eigenvalue weighted by Crippen LogP contribution is 2.27. The molecule has 1 aliphatic heterocycles. The molecule has 0 aliphatic carbocycles. The van der Waals surface area contributed by atoms with Gasteiger partial charge < -0.3 is 9.47 Å². The van der Waals surface area contributed by atoms with E-state index in [1.807, 2.05) is 24.4 Å². The van der Waals surface area contributed by atoms with Crippen molar-refractivity contribution in [3.05, 3.63) is 35.9 Å². The lowest BCUT2D eigenvalue weighted by Crippen LogP contribution is -2.41. The summed E-state index contributed by atoms with van der Waals surface area (Å²) in [6.07, 6.45) is 2.73. The van der Waals surface area contributed by atoms with Gasteiger partial charge in [0.2, 0.25) is 0 Å². The largest absolute Gasteiger partial charge is 0.352 e. The van der Waals surface area contributed by atoms with E-state index in [2.05, 4.69) is 37.9 Å². The zero-order valence-electron chi connectivity index (χ0n) is 12.0. The van der Waals surface area contributed by atoms with E-state index in [0.717, 1.165) is 13.0 Å². The van der Waals surface area contributed by atoms with Gasteiger partial charge in [0.25, 0.3) is 0 Å². The lowest BCUT2D eigenvalue weighted by atomic mass is 9.95. The van der Waals surface area contributed by atoms with Crippen LogP contribution in [0.3, 0.4) is 0 Å². The van der Waals surface area contributed by atoms with Crippen molar-refractivity contribution in [2.24, 2.45) is 10.4 Å². The molecule has 19 heavy (non-hydrogen) atoms. The topological polar surface area (TPSA) is 30.8 Å². The van der Waals surface area contributed by atoms with Gasteiger partial charge in [0.05, 0.1) is 19.3 Å². The third kappa shape index (κ3) is 4.44. The predicted octanol–water partition coefficient (Wildman–Crippen LogP) is 3.44. The molecule has 0 saturated carbocycles. The van der Waals surface area contributed by atoms with E-state index in [4.69, 9.17) is 9.47 Å². The Morgan fingerprint density at radius 1 is 1.26 bits per heavy atom. The summed E-state index contributed by atoms with van der Waals surface area (Å²) in [7, 11) is 0. The quantitative estimate of drug-likeness (QED) is 0.780. The standard InChI is InChI=1S/C16H23NO2/c1-16(2,3)15-18-10-9-14(19-15)12-17-11-13-7-5-4-6-8-13/h4-8,12,14-15H,9-11H2,1-3H3/t14-,15-/m1/s1. The van der Waals surface area contributed by atoms with E-state index >= 15 is 0 Å². The molecule has 104 valence electrons. The minimum atomic E-state index is -0.144. The van der Waals surface area contributed by atoms with Gasteiger partial charge in [0.1, 0.15) is 0 Å². The Kier molecular flexibility index (Phi) is 4.72. The normalized spacial score (nSPS) is 24.8. The number of hydrogen-bond donors (Lipinski definition) is 0. The van der Waals surface area contributed by atoms with Crippen LogP contribution >= 0.6 is 0 Å². The molecule has 0 aromatic heterocycles. The van der Waals surface area contributed by atoms with Crippen LogP contribution in [0.25, 0.3) is 0 Å². The molecular weight excluding hydrogens is 238 g/mol. The highest BCUT2D eigenvalue weighted by atomic mass is 16.7. The second-order valence-electron chi connectivity index (χ2n) is 6.01. The van der Waals surface area contributed by atoms with Gasteiger partial charge >= 0.3 is 0 Å². The monoisotopic (exact) mass is 261 g/mol. The minimum Gasteiger partial charge on any atom is -0.352 e. The minimum absolute atomic E-state index is 0.00589. The first-order valence-electron chi connectivity index (χ1n) is 6.86. The highest BCUT2D eigenvalue weighted by Gasteiger charge is 2.31. The van der Waals surface area contributed by atoms with Crippen molar-refractivity contribution in [2.45, 2.75) is 46.1 Å². The fourth-order valence-corrected chi connectivity index (χ4v) is 1.98. The van der Waals surface area contributed by atoms with Gasteiger partial charge in [-0.1, -0.05) is 51.1 Å². The highest BCUT2D eigenvalue weighted by molar-refractivity contribution is 5.63. The van der Waals surface area contributed by atoms with Crippen LogP contribution in [0.1, 0.15) is 32.8 Å². The van der Waals surface area contributed by atoms with Crippen LogP contribution in [0, 0.1) is 5.41 Å². The Morgan fingerprint density at radius 2 is 2.00 bits per heavy atom. The summed E-state index contributed by atoms with van der Waals surface area (Å²) in [6, 6.07) is 10.2. The lowest BCUT2D eigenvalue weighted by Gasteiger charge is -2.36. The first-order chi connectivity index (χ1) is 9.05. The lowest BCUT2D eigenvalue weighted by molar-refractivity contribution is -0.237. The molecule has 1 saturated heterocycles. The van der Waals surface area contributed by atoms with Crippen molar-refractivity contribution in [3.63, 3.8) is 0 Å². The zero-order chi connectivity index (χ0) is 13.7. The molecular formula is C16H23NO2. The Hall–Kier alpha value is -1.19. The van der Waals surface area contributed by atoms with Crippen LogP contribution in [0.4, 0.5) is 0 Å². The summed E-state index contributed by atoms with van der Waals surface area (Å²) in [5.74, 6) is 0. The van der Waals surface area contributed by atoms with Crippen LogP contribution in [0.5, 0.6) is 0 Å². The maximum Gasteiger partial charge on any atom is 0.163 e. The number of benzene rings is 1. The third-order valence-corrected chi connectivity index (χ3v) is 3.07. The number of nitrogens with zero attached hydrogens (tertiary/aromatic N) is 1. The van der Waals surface area contributed by atoms with Gasteiger partial charge in [0.15, 0.2) is 6.29 Å². The fourth-order valence-electron chi connectivity index (χ4n) is 1.98. The second-order valence-corrected chi connectivity index (χ2v) is 6.01. The average Bonchev–Trinajstić information content (AvgIpc) is 2.39. The molecule has 3 nitrogen and oxygen atoms in total. The van der Waals surface area contributed by atoms with E-state index in [9.17, 15) is 0 Å². The molecule has 2 rings (SSSR count). The molecule has 0 amide bonds. The van der Waals surface area contributed by atoms with E-state index in [-0.39, 0.29) is 17.8 Å². The maximum absolute atomic E-state index is 5.92. The van der Waals surface area contributed by atoms with Gasteiger partial charge in [0, 0.05) is 18.1 Å². The second kappa shape index (κ2) is 6.31. The molecule has 1 aromatic rings. The molecule has 0 bridgehead atoms. The average molecular weight is 261 g/mol. The first-order valence-corrected chi connectivity index (χ1v) is 6.86. The Morgan fingerprint density at radius 3 is 2.68 bits per heavy atom. The smallest absolute Gasteiger partial charge is 0.163 e. The van der Waals surface area contributed by atoms with Gasteiger partial charge in [-0.3, -0.25) is 4.99 Å². The maximum atomic E-state index is 5.92. The first kappa shape index (κ1) is 14.2. The van der Waals surface area contributed by atoms with E-state index in [1.54, 1.807) is 0 Å². The van der Waals surface area contributed by atoms with Crippen LogP contribution in [-0.4, -0.2) is 25.2 Å². The SMILES string of the molecule is CC(C)(C)[C@@H]1OCC[C@H](C=NCc2ccccc2)O1. The Labute approximate surface area is 115 Å². The Bertz CT molecular complexity index is 409. The number of hydrogen-bond acceptors (Lipinski definition) is 3. The molecule has 1 aromatic carbocycles.